The molecule has 2 unspecified atom stereocenters. The molecule has 0 aromatic heterocycles. The van der Waals surface area contributed by atoms with Crippen LogP contribution in [0.2, 0.25) is 0 Å². The van der Waals surface area contributed by atoms with Crippen molar-refractivity contribution in [2.24, 2.45) is 0 Å². The van der Waals surface area contributed by atoms with Crippen LogP contribution in [0, 0.1) is 0 Å². The standard InChI is InChI=1S/C12H16Br2/c1-2-3-9-11(13)12(14)10-7-5-4-6-8-10/h4-8,11-12H,2-3,9H2,1H3. The van der Waals surface area contributed by atoms with Gasteiger partial charge in [-0.15, -0.1) is 0 Å². The highest BCUT2D eigenvalue weighted by Crippen LogP contribution is 2.33. The van der Waals surface area contributed by atoms with Gasteiger partial charge in [-0.05, 0) is 12.0 Å². The fourth-order valence-electron chi connectivity index (χ4n) is 1.39. The van der Waals surface area contributed by atoms with Crippen LogP contribution >= 0.6 is 31.9 Å². The Hall–Kier alpha value is 0.180. The number of alkyl halides is 2. The molecule has 0 bridgehead atoms. The summed E-state index contributed by atoms with van der Waals surface area (Å²) in [6.07, 6.45) is 3.77. The zero-order valence-electron chi connectivity index (χ0n) is 8.42. The van der Waals surface area contributed by atoms with Crippen LogP contribution in [0.3, 0.4) is 0 Å². The Morgan fingerprint density at radius 2 is 1.79 bits per heavy atom. The highest BCUT2D eigenvalue weighted by Gasteiger charge is 2.16. The van der Waals surface area contributed by atoms with Gasteiger partial charge in [0.2, 0.25) is 0 Å². The molecule has 1 aromatic rings. The molecule has 1 aromatic carbocycles. The predicted octanol–water partition coefficient (Wildman–Crippen LogP) is 5.08. The van der Waals surface area contributed by atoms with Gasteiger partial charge < -0.3 is 0 Å². The highest BCUT2D eigenvalue weighted by molar-refractivity contribution is 9.12. The number of rotatable bonds is 5. The van der Waals surface area contributed by atoms with Crippen molar-refractivity contribution in [1.29, 1.82) is 0 Å². The quantitative estimate of drug-likeness (QED) is 0.664. The fraction of sp³-hybridized carbons (Fsp3) is 0.500. The van der Waals surface area contributed by atoms with E-state index < -0.39 is 0 Å². The van der Waals surface area contributed by atoms with E-state index in [2.05, 4.69) is 69.1 Å². The van der Waals surface area contributed by atoms with Crippen molar-refractivity contribution >= 4 is 31.9 Å². The van der Waals surface area contributed by atoms with Gasteiger partial charge in [-0.2, -0.15) is 0 Å². The maximum Gasteiger partial charge on any atom is 0.0520 e. The molecule has 0 saturated heterocycles. The van der Waals surface area contributed by atoms with Gasteiger partial charge in [0.05, 0.1) is 4.83 Å². The lowest BCUT2D eigenvalue weighted by atomic mass is 10.1. The maximum atomic E-state index is 3.73. The number of hydrogen-bond acceptors (Lipinski definition) is 0. The second kappa shape index (κ2) is 6.62. The van der Waals surface area contributed by atoms with Gasteiger partial charge in [0.15, 0.2) is 0 Å². The molecular weight excluding hydrogens is 304 g/mol. The molecular formula is C12H16Br2. The van der Waals surface area contributed by atoms with Crippen molar-refractivity contribution in [2.75, 3.05) is 0 Å². The van der Waals surface area contributed by atoms with Crippen molar-refractivity contribution in [1.82, 2.24) is 0 Å². The van der Waals surface area contributed by atoms with Crippen molar-refractivity contribution in [3.8, 4) is 0 Å². The summed E-state index contributed by atoms with van der Waals surface area (Å²) in [7, 11) is 0. The van der Waals surface area contributed by atoms with E-state index in [1.54, 1.807) is 0 Å². The van der Waals surface area contributed by atoms with Crippen molar-refractivity contribution in [2.45, 2.75) is 35.8 Å². The molecule has 0 N–H and O–H groups in total. The second-order valence-electron chi connectivity index (χ2n) is 3.47. The molecule has 0 spiro atoms. The minimum absolute atomic E-state index is 0.426. The van der Waals surface area contributed by atoms with Gasteiger partial charge in [0.1, 0.15) is 0 Å². The number of hydrogen-bond donors (Lipinski definition) is 0. The first kappa shape index (κ1) is 12.3. The monoisotopic (exact) mass is 318 g/mol. The predicted molar refractivity (Wildman–Crippen MR) is 70.4 cm³/mol. The molecule has 14 heavy (non-hydrogen) atoms. The minimum atomic E-state index is 0.426. The lowest BCUT2D eigenvalue weighted by Crippen LogP contribution is -2.05. The van der Waals surface area contributed by atoms with E-state index in [4.69, 9.17) is 0 Å². The molecule has 0 aliphatic carbocycles. The first-order valence-electron chi connectivity index (χ1n) is 5.08. The molecule has 0 heterocycles. The summed E-state index contributed by atoms with van der Waals surface area (Å²) in [5, 5.41) is 0. The Morgan fingerprint density at radius 1 is 1.14 bits per heavy atom. The number of benzene rings is 1. The van der Waals surface area contributed by atoms with Gasteiger partial charge in [-0.25, -0.2) is 0 Å². The van der Waals surface area contributed by atoms with Gasteiger partial charge in [0, 0.05) is 4.83 Å². The summed E-state index contributed by atoms with van der Waals surface area (Å²) >= 11 is 7.47. The van der Waals surface area contributed by atoms with Crippen molar-refractivity contribution in [3.63, 3.8) is 0 Å². The lowest BCUT2D eigenvalue weighted by Gasteiger charge is -2.16. The average Bonchev–Trinajstić information content (AvgIpc) is 2.26. The van der Waals surface area contributed by atoms with E-state index in [-0.39, 0.29) is 0 Å². The zero-order chi connectivity index (χ0) is 10.4. The Balaban J connectivity index is 2.52. The molecule has 0 aliphatic heterocycles. The summed E-state index contributed by atoms with van der Waals surface area (Å²) in [5.41, 5.74) is 1.35. The van der Waals surface area contributed by atoms with Gasteiger partial charge >= 0.3 is 0 Å². The minimum Gasteiger partial charge on any atom is -0.0875 e. The van der Waals surface area contributed by atoms with Crippen LogP contribution in [0.15, 0.2) is 30.3 Å². The van der Waals surface area contributed by atoms with E-state index in [1.807, 2.05) is 0 Å². The van der Waals surface area contributed by atoms with Gasteiger partial charge in [0.25, 0.3) is 0 Å². The Labute approximate surface area is 103 Å². The summed E-state index contributed by atoms with van der Waals surface area (Å²) < 4.78 is 0. The molecule has 0 amide bonds. The molecule has 78 valence electrons. The largest absolute Gasteiger partial charge is 0.0875 e. The van der Waals surface area contributed by atoms with E-state index in [0.29, 0.717) is 9.65 Å². The van der Waals surface area contributed by atoms with Crippen LogP contribution in [0.25, 0.3) is 0 Å². The van der Waals surface area contributed by atoms with Crippen molar-refractivity contribution < 1.29 is 0 Å². The highest BCUT2D eigenvalue weighted by atomic mass is 79.9. The van der Waals surface area contributed by atoms with Crippen LogP contribution in [-0.2, 0) is 0 Å². The Bertz CT molecular complexity index is 246. The molecule has 0 radical (unpaired) electrons. The maximum absolute atomic E-state index is 3.73. The zero-order valence-corrected chi connectivity index (χ0v) is 11.6. The van der Waals surface area contributed by atoms with E-state index >= 15 is 0 Å². The topological polar surface area (TPSA) is 0 Å². The fourth-order valence-corrected chi connectivity index (χ4v) is 2.59. The Kier molecular flexibility index (Phi) is 5.80. The smallest absolute Gasteiger partial charge is 0.0520 e. The Morgan fingerprint density at radius 3 is 2.36 bits per heavy atom. The average molecular weight is 320 g/mol. The van der Waals surface area contributed by atoms with Gasteiger partial charge in [-0.3, -0.25) is 0 Å². The normalized spacial score (nSPS) is 15.1. The third-order valence-electron chi connectivity index (χ3n) is 2.27. The third kappa shape index (κ3) is 3.74. The third-order valence-corrected chi connectivity index (χ3v) is 5.13. The van der Waals surface area contributed by atoms with Crippen LogP contribution in [0.4, 0.5) is 0 Å². The van der Waals surface area contributed by atoms with Crippen LogP contribution in [0.5, 0.6) is 0 Å². The first-order chi connectivity index (χ1) is 6.75. The molecule has 1 rings (SSSR count). The van der Waals surface area contributed by atoms with E-state index in [0.717, 1.165) is 0 Å². The summed E-state index contributed by atoms with van der Waals surface area (Å²) in [5.74, 6) is 0. The van der Waals surface area contributed by atoms with Crippen LogP contribution < -0.4 is 0 Å². The molecule has 2 heteroatoms. The molecule has 2 atom stereocenters. The van der Waals surface area contributed by atoms with Crippen molar-refractivity contribution in [3.05, 3.63) is 35.9 Å². The van der Waals surface area contributed by atoms with Gasteiger partial charge in [-0.1, -0.05) is 82.0 Å². The first-order valence-corrected chi connectivity index (χ1v) is 6.92. The number of halogens is 2. The second-order valence-corrected chi connectivity index (χ2v) is 5.63. The van der Waals surface area contributed by atoms with E-state index in [1.165, 1.54) is 24.8 Å². The summed E-state index contributed by atoms with van der Waals surface area (Å²) in [4.78, 5) is 0.958. The van der Waals surface area contributed by atoms with Crippen LogP contribution in [-0.4, -0.2) is 4.83 Å². The summed E-state index contributed by atoms with van der Waals surface area (Å²) in [6, 6.07) is 10.6. The molecule has 0 saturated carbocycles. The summed E-state index contributed by atoms with van der Waals surface area (Å²) in [6.45, 7) is 2.23. The SMILES string of the molecule is CCCCC(Br)C(Br)c1ccccc1. The number of unbranched alkanes of at least 4 members (excludes halogenated alkanes) is 1. The molecule has 0 aliphatic rings. The molecule has 0 fully saturated rings. The van der Waals surface area contributed by atoms with E-state index in [9.17, 15) is 0 Å². The molecule has 0 nitrogen and oxygen atoms in total. The van der Waals surface area contributed by atoms with Crippen LogP contribution in [0.1, 0.15) is 36.6 Å². The lowest BCUT2D eigenvalue weighted by molar-refractivity contribution is 0.685.